The minimum Gasteiger partial charge on any atom is -0.338 e. The molecule has 2 atom stereocenters. The van der Waals surface area contributed by atoms with E-state index in [1.54, 1.807) is 0 Å². The normalized spacial score (nSPS) is 21.2. The number of hydrogen-bond donors (Lipinski definition) is 1. The third kappa shape index (κ3) is 3.35. The molecular formula is C16H24N2O. The van der Waals surface area contributed by atoms with Crippen molar-refractivity contribution in [2.24, 2.45) is 11.7 Å². The minimum atomic E-state index is 0.146. The van der Waals surface area contributed by atoms with Crippen LogP contribution in [-0.4, -0.2) is 29.9 Å². The summed E-state index contributed by atoms with van der Waals surface area (Å²) in [5.74, 6) is 0.584. The zero-order valence-electron chi connectivity index (χ0n) is 11.9. The van der Waals surface area contributed by atoms with Gasteiger partial charge in [0.25, 0.3) is 5.91 Å². The largest absolute Gasteiger partial charge is 0.338 e. The summed E-state index contributed by atoms with van der Waals surface area (Å²) in [6.07, 6.45) is 3.20. The van der Waals surface area contributed by atoms with Gasteiger partial charge in [-0.05, 0) is 49.8 Å². The second-order valence-electron chi connectivity index (χ2n) is 5.56. The lowest BCUT2D eigenvalue weighted by molar-refractivity contribution is 0.0661. The number of hydrogen-bond acceptors (Lipinski definition) is 2. The molecule has 104 valence electrons. The lowest BCUT2D eigenvalue weighted by atomic mass is 9.92. The van der Waals surface area contributed by atoms with Crippen LogP contribution in [0.1, 0.15) is 42.6 Å². The maximum atomic E-state index is 12.5. The van der Waals surface area contributed by atoms with Crippen LogP contribution >= 0.6 is 0 Å². The molecule has 0 aliphatic carbocycles. The molecule has 2 N–H and O–H groups in total. The molecule has 1 aliphatic heterocycles. The Morgan fingerprint density at radius 2 is 2.11 bits per heavy atom. The highest BCUT2D eigenvalue weighted by Gasteiger charge is 2.26. The number of rotatable bonds is 3. The van der Waals surface area contributed by atoms with Crippen molar-refractivity contribution < 1.29 is 4.79 Å². The van der Waals surface area contributed by atoms with Crippen LogP contribution in [0.5, 0.6) is 0 Å². The molecule has 0 unspecified atom stereocenters. The quantitative estimate of drug-likeness (QED) is 0.907. The number of piperidine rings is 1. The summed E-state index contributed by atoms with van der Waals surface area (Å²) < 4.78 is 0. The highest BCUT2D eigenvalue weighted by Crippen LogP contribution is 2.20. The van der Waals surface area contributed by atoms with Crippen molar-refractivity contribution in [3.05, 3.63) is 35.4 Å². The Morgan fingerprint density at radius 3 is 2.68 bits per heavy atom. The number of carbonyl (C=O) groups excluding carboxylic acids is 1. The van der Waals surface area contributed by atoms with Gasteiger partial charge in [0.2, 0.25) is 0 Å². The fourth-order valence-corrected chi connectivity index (χ4v) is 2.69. The number of amides is 1. The van der Waals surface area contributed by atoms with Crippen molar-refractivity contribution in [3.8, 4) is 0 Å². The highest BCUT2D eigenvalue weighted by molar-refractivity contribution is 5.94. The van der Waals surface area contributed by atoms with E-state index in [1.165, 1.54) is 5.56 Å². The van der Waals surface area contributed by atoms with Crippen LogP contribution in [0.2, 0.25) is 0 Å². The van der Waals surface area contributed by atoms with Gasteiger partial charge in [-0.3, -0.25) is 4.79 Å². The number of nitrogens with zero attached hydrogens (tertiary/aromatic N) is 1. The van der Waals surface area contributed by atoms with E-state index in [1.807, 2.05) is 36.1 Å². The topological polar surface area (TPSA) is 46.3 Å². The Balaban J connectivity index is 2.05. The molecule has 0 spiro atoms. The highest BCUT2D eigenvalue weighted by atomic mass is 16.2. The SMILES string of the molecule is CCc1ccc(C(=O)N2CCC[C@H]([C@@H](C)N)C2)cc1. The van der Waals surface area contributed by atoms with Crippen molar-refractivity contribution in [1.29, 1.82) is 0 Å². The average molecular weight is 260 g/mol. The Bertz CT molecular complexity index is 425. The molecule has 19 heavy (non-hydrogen) atoms. The predicted octanol–water partition coefficient (Wildman–Crippen LogP) is 2.45. The van der Waals surface area contributed by atoms with Crippen molar-refractivity contribution in [3.63, 3.8) is 0 Å². The van der Waals surface area contributed by atoms with Gasteiger partial charge in [0.05, 0.1) is 0 Å². The molecule has 1 fully saturated rings. The van der Waals surface area contributed by atoms with E-state index in [2.05, 4.69) is 6.92 Å². The maximum absolute atomic E-state index is 12.5. The molecule has 1 aliphatic rings. The summed E-state index contributed by atoms with van der Waals surface area (Å²) in [6.45, 7) is 5.81. The Morgan fingerprint density at radius 1 is 1.42 bits per heavy atom. The van der Waals surface area contributed by atoms with E-state index in [9.17, 15) is 4.79 Å². The van der Waals surface area contributed by atoms with Crippen LogP contribution in [-0.2, 0) is 6.42 Å². The van der Waals surface area contributed by atoms with Gasteiger partial charge in [0.15, 0.2) is 0 Å². The molecule has 0 radical (unpaired) electrons. The zero-order chi connectivity index (χ0) is 13.8. The predicted molar refractivity (Wildman–Crippen MR) is 78.1 cm³/mol. The second kappa shape index (κ2) is 6.20. The molecule has 1 amide bonds. The summed E-state index contributed by atoms with van der Waals surface area (Å²) in [4.78, 5) is 14.4. The summed E-state index contributed by atoms with van der Waals surface area (Å²) in [7, 11) is 0. The number of nitrogens with two attached hydrogens (primary N) is 1. The first kappa shape index (κ1) is 14.1. The van der Waals surface area contributed by atoms with E-state index < -0.39 is 0 Å². The van der Waals surface area contributed by atoms with Gasteiger partial charge in [-0.25, -0.2) is 0 Å². The monoisotopic (exact) mass is 260 g/mol. The maximum Gasteiger partial charge on any atom is 0.253 e. The molecule has 0 saturated carbocycles. The zero-order valence-corrected chi connectivity index (χ0v) is 11.9. The number of carbonyl (C=O) groups is 1. The van der Waals surface area contributed by atoms with E-state index in [0.717, 1.165) is 37.9 Å². The van der Waals surface area contributed by atoms with E-state index in [4.69, 9.17) is 5.73 Å². The third-order valence-corrected chi connectivity index (χ3v) is 4.10. The summed E-state index contributed by atoms with van der Waals surface area (Å²) in [5.41, 5.74) is 8.03. The fraction of sp³-hybridized carbons (Fsp3) is 0.562. The fourth-order valence-electron chi connectivity index (χ4n) is 2.69. The number of likely N-dealkylation sites (tertiary alicyclic amines) is 1. The molecular weight excluding hydrogens is 236 g/mol. The van der Waals surface area contributed by atoms with Crippen LogP contribution in [0.4, 0.5) is 0 Å². The van der Waals surface area contributed by atoms with Gasteiger partial charge in [0, 0.05) is 24.7 Å². The molecule has 0 bridgehead atoms. The van der Waals surface area contributed by atoms with Crippen molar-refractivity contribution in [2.45, 2.75) is 39.2 Å². The summed E-state index contributed by atoms with van der Waals surface area (Å²) in [6, 6.07) is 8.13. The van der Waals surface area contributed by atoms with Crippen molar-refractivity contribution in [1.82, 2.24) is 4.90 Å². The van der Waals surface area contributed by atoms with E-state index in [0.29, 0.717) is 5.92 Å². The van der Waals surface area contributed by atoms with E-state index >= 15 is 0 Å². The molecule has 1 aromatic rings. The smallest absolute Gasteiger partial charge is 0.253 e. The van der Waals surface area contributed by atoms with E-state index in [-0.39, 0.29) is 11.9 Å². The lowest BCUT2D eigenvalue weighted by Crippen LogP contribution is -2.45. The second-order valence-corrected chi connectivity index (χ2v) is 5.56. The summed E-state index contributed by atoms with van der Waals surface area (Å²) in [5, 5.41) is 0. The molecule has 3 heteroatoms. The molecule has 2 rings (SSSR count). The Labute approximate surface area is 115 Å². The van der Waals surface area contributed by atoms with Gasteiger partial charge in [-0.2, -0.15) is 0 Å². The van der Waals surface area contributed by atoms with Crippen LogP contribution in [0.3, 0.4) is 0 Å². The first-order valence-corrected chi connectivity index (χ1v) is 7.25. The van der Waals surface area contributed by atoms with Crippen molar-refractivity contribution in [2.75, 3.05) is 13.1 Å². The Kier molecular flexibility index (Phi) is 4.59. The molecule has 3 nitrogen and oxygen atoms in total. The van der Waals surface area contributed by atoms with Gasteiger partial charge < -0.3 is 10.6 Å². The van der Waals surface area contributed by atoms with Crippen LogP contribution in [0.15, 0.2) is 24.3 Å². The van der Waals surface area contributed by atoms with Crippen LogP contribution in [0, 0.1) is 5.92 Å². The van der Waals surface area contributed by atoms with Gasteiger partial charge in [-0.15, -0.1) is 0 Å². The molecule has 1 heterocycles. The average Bonchev–Trinajstić information content (AvgIpc) is 2.46. The first-order valence-electron chi connectivity index (χ1n) is 7.25. The standard InChI is InChI=1S/C16H24N2O/c1-3-13-6-8-14(9-7-13)16(19)18-10-4-5-15(11-18)12(2)17/h6-9,12,15H,3-5,10-11,17H2,1-2H3/t12-,15+/m1/s1. The van der Waals surface area contributed by atoms with Gasteiger partial charge in [0.1, 0.15) is 0 Å². The minimum absolute atomic E-state index is 0.146. The molecule has 0 aromatic heterocycles. The lowest BCUT2D eigenvalue weighted by Gasteiger charge is -2.34. The first-order chi connectivity index (χ1) is 9.11. The van der Waals surface area contributed by atoms with Crippen LogP contribution < -0.4 is 5.73 Å². The van der Waals surface area contributed by atoms with Gasteiger partial charge >= 0.3 is 0 Å². The summed E-state index contributed by atoms with van der Waals surface area (Å²) >= 11 is 0. The third-order valence-electron chi connectivity index (χ3n) is 4.10. The molecule has 1 saturated heterocycles. The van der Waals surface area contributed by atoms with Crippen molar-refractivity contribution >= 4 is 5.91 Å². The molecule has 1 aromatic carbocycles. The Hall–Kier alpha value is -1.35. The number of aryl methyl sites for hydroxylation is 1. The van der Waals surface area contributed by atoms with Crippen LogP contribution in [0.25, 0.3) is 0 Å². The van der Waals surface area contributed by atoms with Gasteiger partial charge in [-0.1, -0.05) is 19.1 Å². The number of benzene rings is 1.